The van der Waals surface area contributed by atoms with Gasteiger partial charge in [-0.25, -0.2) is 4.79 Å². The molecule has 1 amide bonds. The van der Waals surface area contributed by atoms with Gasteiger partial charge >= 0.3 is 5.97 Å². The van der Waals surface area contributed by atoms with Crippen LogP contribution in [0.4, 0.5) is 0 Å². The van der Waals surface area contributed by atoms with Gasteiger partial charge in [0.05, 0.1) is 6.10 Å². The Morgan fingerprint density at radius 1 is 1.17 bits per heavy atom. The predicted octanol–water partition coefficient (Wildman–Crippen LogP) is 2.70. The molecule has 1 saturated carbocycles. The highest BCUT2D eigenvalue weighted by Crippen LogP contribution is 2.19. The van der Waals surface area contributed by atoms with Gasteiger partial charge in [0.1, 0.15) is 6.61 Å². The maximum atomic E-state index is 11.9. The monoisotopic (exact) mass is 329 g/mol. The van der Waals surface area contributed by atoms with Gasteiger partial charge in [0.2, 0.25) is 0 Å². The summed E-state index contributed by atoms with van der Waals surface area (Å²) in [5.74, 6) is -0.417. The van der Waals surface area contributed by atoms with Gasteiger partial charge in [-0.2, -0.15) is 0 Å². The summed E-state index contributed by atoms with van der Waals surface area (Å²) in [5, 5.41) is 2.94. The molecule has 3 rings (SSSR count). The molecule has 5 nitrogen and oxygen atoms in total. The van der Waals surface area contributed by atoms with Gasteiger partial charge in [-0.15, -0.1) is 0 Å². The van der Waals surface area contributed by atoms with E-state index in [0.29, 0.717) is 18.2 Å². The molecule has 2 aliphatic rings. The van der Waals surface area contributed by atoms with Crippen LogP contribution >= 0.6 is 0 Å². The summed E-state index contributed by atoms with van der Waals surface area (Å²) < 4.78 is 10.7. The second-order valence-electron chi connectivity index (χ2n) is 6.32. The molecule has 1 aromatic rings. The minimum Gasteiger partial charge on any atom is -0.460 e. The molecule has 24 heavy (non-hydrogen) atoms. The van der Waals surface area contributed by atoms with Crippen LogP contribution in [0.5, 0.6) is 0 Å². The topological polar surface area (TPSA) is 64.6 Å². The molecule has 5 heteroatoms. The Kier molecular flexibility index (Phi) is 5.64. The highest BCUT2D eigenvalue weighted by molar-refractivity contribution is 5.95. The van der Waals surface area contributed by atoms with Crippen LogP contribution in [-0.2, 0) is 14.3 Å². The predicted molar refractivity (Wildman–Crippen MR) is 90.5 cm³/mol. The molecular weight excluding hydrogens is 306 g/mol. The molecule has 1 unspecified atom stereocenters. The molecule has 0 spiro atoms. The van der Waals surface area contributed by atoms with Crippen LogP contribution in [0, 0.1) is 0 Å². The van der Waals surface area contributed by atoms with Crippen molar-refractivity contribution in [2.45, 2.75) is 44.2 Å². The van der Waals surface area contributed by atoms with Crippen molar-refractivity contribution < 1.29 is 19.1 Å². The van der Waals surface area contributed by atoms with Gasteiger partial charge in [-0.3, -0.25) is 4.79 Å². The summed E-state index contributed by atoms with van der Waals surface area (Å²) in [7, 11) is 0. The van der Waals surface area contributed by atoms with E-state index in [1.807, 2.05) is 12.1 Å². The first-order valence-electron chi connectivity index (χ1n) is 8.58. The summed E-state index contributed by atoms with van der Waals surface area (Å²) in [6.45, 7) is 1.06. The Morgan fingerprint density at radius 3 is 2.62 bits per heavy atom. The SMILES string of the molecule is O=C(C=Cc1ccc(C(=O)NC2CC2)cc1)OCC1CCCCO1. The lowest BCUT2D eigenvalue weighted by Gasteiger charge is -2.21. The van der Waals surface area contributed by atoms with Gasteiger partial charge in [-0.05, 0) is 55.9 Å². The van der Waals surface area contributed by atoms with Crippen molar-refractivity contribution >= 4 is 18.0 Å². The van der Waals surface area contributed by atoms with E-state index in [-0.39, 0.29) is 18.0 Å². The van der Waals surface area contributed by atoms with E-state index in [2.05, 4.69) is 5.32 Å². The first kappa shape index (κ1) is 16.7. The third kappa shape index (κ3) is 5.20. The molecule has 1 heterocycles. The summed E-state index contributed by atoms with van der Waals surface area (Å²) in [4.78, 5) is 23.6. The molecular formula is C19H23NO4. The number of amides is 1. The second kappa shape index (κ2) is 8.11. The van der Waals surface area contributed by atoms with Crippen molar-refractivity contribution in [3.05, 3.63) is 41.5 Å². The number of nitrogens with one attached hydrogen (secondary N) is 1. The van der Waals surface area contributed by atoms with E-state index in [1.165, 1.54) is 6.08 Å². The average molecular weight is 329 g/mol. The standard InChI is InChI=1S/C19H23NO4/c21-18(24-13-17-3-1-2-12-23-17)11-6-14-4-7-15(8-5-14)19(22)20-16-9-10-16/h4-8,11,16-17H,1-3,9-10,12-13H2,(H,20,22). The number of benzene rings is 1. The largest absolute Gasteiger partial charge is 0.460 e. The molecule has 1 saturated heterocycles. The second-order valence-corrected chi connectivity index (χ2v) is 6.32. The van der Waals surface area contributed by atoms with E-state index in [4.69, 9.17) is 9.47 Å². The van der Waals surface area contributed by atoms with Crippen molar-refractivity contribution in [1.82, 2.24) is 5.32 Å². The Hall–Kier alpha value is -2.14. The number of carbonyl (C=O) groups is 2. The first-order chi connectivity index (χ1) is 11.7. The molecule has 2 fully saturated rings. The van der Waals surface area contributed by atoms with Crippen LogP contribution in [0.2, 0.25) is 0 Å². The summed E-state index contributed by atoms with van der Waals surface area (Å²) in [6, 6.07) is 7.50. The van der Waals surface area contributed by atoms with E-state index < -0.39 is 0 Å². The number of ether oxygens (including phenoxy) is 2. The third-order valence-corrected chi connectivity index (χ3v) is 4.18. The normalized spacial score (nSPS) is 20.8. The Balaban J connectivity index is 1.44. The van der Waals surface area contributed by atoms with E-state index in [9.17, 15) is 9.59 Å². The van der Waals surface area contributed by atoms with E-state index in [1.54, 1.807) is 18.2 Å². The lowest BCUT2D eigenvalue weighted by molar-refractivity contribution is -0.143. The maximum absolute atomic E-state index is 11.9. The van der Waals surface area contributed by atoms with Crippen LogP contribution in [0.3, 0.4) is 0 Å². The molecule has 1 aliphatic carbocycles. The van der Waals surface area contributed by atoms with Crippen molar-refractivity contribution in [3.63, 3.8) is 0 Å². The van der Waals surface area contributed by atoms with Crippen LogP contribution in [0.25, 0.3) is 6.08 Å². The molecule has 0 radical (unpaired) electrons. The van der Waals surface area contributed by atoms with Crippen molar-refractivity contribution in [2.24, 2.45) is 0 Å². The molecule has 0 aromatic heterocycles. The van der Waals surface area contributed by atoms with E-state index in [0.717, 1.165) is 44.3 Å². The zero-order valence-electron chi connectivity index (χ0n) is 13.7. The molecule has 1 aliphatic heterocycles. The van der Waals surface area contributed by atoms with E-state index >= 15 is 0 Å². The summed E-state index contributed by atoms with van der Waals surface area (Å²) >= 11 is 0. The number of carbonyl (C=O) groups excluding carboxylic acids is 2. The van der Waals surface area contributed by atoms with Gasteiger partial charge in [-0.1, -0.05) is 12.1 Å². The zero-order valence-corrected chi connectivity index (χ0v) is 13.7. The Labute approximate surface area is 142 Å². The number of hydrogen-bond donors (Lipinski definition) is 1. The van der Waals surface area contributed by atoms with Crippen molar-refractivity contribution in [2.75, 3.05) is 13.2 Å². The highest BCUT2D eigenvalue weighted by atomic mass is 16.6. The van der Waals surface area contributed by atoms with Crippen LogP contribution in [0.15, 0.2) is 30.3 Å². The third-order valence-electron chi connectivity index (χ3n) is 4.18. The first-order valence-corrected chi connectivity index (χ1v) is 8.58. The van der Waals surface area contributed by atoms with Crippen molar-refractivity contribution in [1.29, 1.82) is 0 Å². The maximum Gasteiger partial charge on any atom is 0.330 e. The number of rotatable bonds is 6. The lowest BCUT2D eigenvalue weighted by Crippen LogP contribution is -2.25. The minimum atomic E-state index is -0.375. The number of esters is 1. The Bertz CT molecular complexity index is 598. The van der Waals surface area contributed by atoms with Gasteiger partial charge in [0.25, 0.3) is 5.91 Å². The molecule has 1 N–H and O–H groups in total. The lowest BCUT2D eigenvalue weighted by atomic mass is 10.1. The number of hydrogen-bond acceptors (Lipinski definition) is 4. The minimum absolute atomic E-state index is 0.0281. The Morgan fingerprint density at radius 2 is 1.96 bits per heavy atom. The molecule has 1 atom stereocenters. The smallest absolute Gasteiger partial charge is 0.330 e. The molecule has 0 bridgehead atoms. The summed E-state index contributed by atoms with van der Waals surface area (Å²) in [6.07, 6.45) is 8.41. The molecule has 128 valence electrons. The zero-order chi connectivity index (χ0) is 16.8. The van der Waals surface area contributed by atoms with Crippen LogP contribution in [0.1, 0.15) is 48.0 Å². The molecule has 1 aromatic carbocycles. The average Bonchev–Trinajstić information content (AvgIpc) is 3.43. The highest BCUT2D eigenvalue weighted by Gasteiger charge is 2.23. The van der Waals surface area contributed by atoms with Gasteiger partial charge in [0.15, 0.2) is 0 Å². The fourth-order valence-electron chi connectivity index (χ4n) is 2.57. The van der Waals surface area contributed by atoms with Crippen LogP contribution < -0.4 is 5.32 Å². The fraction of sp³-hybridized carbons (Fsp3) is 0.474. The van der Waals surface area contributed by atoms with Crippen molar-refractivity contribution in [3.8, 4) is 0 Å². The quantitative estimate of drug-likeness (QED) is 0.644. The van der Waals surface area contributed by atoms with Gasteiger partial charge < -0.3 is 14.8 Å². The summed E-state index contributed by atoms with van der Waals surface area (Å²) in [5.41, 5.74) is 1.49. The van der Waals surface area contributed by atoms with Gasteiger partial charge in [0, 0.05) is 24.3 Å². The fourth-order valence-corrected chi connectivity index (χ4v) is 2.57. The van der Waals surface area contributed by atoms with Crippen LogP contribution in [-0.4, -0.2) is 37.2 Å².